The largest absolute Gasteiger partial charge is 0.528 e. The van der Waals surface area contributed by atoms with E-state index in [4.69, 9.17) is 19.0 Å². The lowest BCUT2D eigenvalue weighted by Crippen LogP contribution is -2.39. The van der Waals surface area contributed by atoms with Crippen LogP contribution in [0.2, 0.25) is 0 Å². The van der Waals surface area contributed by atoms with Crippen LogP contribution in [0.4, 0.5) is 9.18 Å². The highest BCUT2D eigenvalue weighted by atomic mass is 19.1. The topological polar surface area (TPSA) is 110 Å². The fourth-order valence-electron chi connectivity index (χ4n) is 4.63. The molecule has 0 radical (unpaired) electrons. The van der Waals surface area contributed by atoms with E-state index in [1.165, 1.54) is 28.1 Å². The zero-order chi connectivity index (χ0) is 26.8. The second kappa shape index (κ2) is 10.7. The Balaban J connectivity index is 1.32. The number of hydrogen-bond donors (Lipinski definition) is 0. The standard InChI is InChI=1S/C27H24FN5O6/c28-19-8-6-18(7-9-19)23-24(22-10-11-29-26(30-22)37-20-4-2-1-3-5-20)32-16-21(17-33(32)25(23)34)38-27(35)39-31-12-14-36-15-13-31/h1-11,21H,12-17H2. The summed E-state index contributed by atoms with van der Waals surface area (Å²) in [5.74, 6) is 0.139. The Hall–Kier alpha value is -4.55. The summed E-state index contributed by atoms with van der Waals surface area (Å²) in [5.41, 5.74) is 1.43. The summed E-state index contributed by atoms with van der Waals surface area (Å²) >= 11 is 0. The molecule has 0 amide bonds. The SMILES string of the molecule is O=C(OC1Cn2c(-c3ccnc(Oc4ccccc4)n3)c(-c3ccc(F)cc3)c(=O)n2C1)ON1CCOCC1. The van der Waals surface area contributed by atoms with E-state index in [0.29, 0.717) is 54.6 Å². The van der Waals surface area contributed by atoms with Crippen molar-refractivity contribution in [3.63, 3.8) is 0 Å². The molecule has 0 aliphatic carbocycles. The molecule has 1 saturated heterocycles. The number of nitrogens with zero attached hydrogens (tertiary/aromatic N) is 5. The van der Waals surface area contributed by atoms with E-state index < -0.39 is 18.1 Å². The number of hydroxylamine groups is 2. The van der Waals surface area contributed by atoms with Crippen LogP contribution in [0.5, 0.6) is 11.8 Å². The molecule has 2 aliphatic rings. The number of halogens is 1. The molecule has 0 spiro atoms. The molecule has 4 heterocycles. The molecule has 0 saturated carbocycles. The molecular weight excluding hydrogens is 509 g/mol. The van der Waals surface area contributed by atoms with Crippen molar-refractivity contribution < 1.29 is 28.2 Å². The molecule has 4 aromatic rings. The van der Waals surface area contributed by atoms with E-state index in [9.17, 15) is 14.0 Å². The van der Waals surface area contributed by atoms with Crippen molar-refractivity contribution in [3.05, 3.63) is 83.0 Å². The van der Waals surface area contributed by atoms with E-state index in [0.717, 1.165) is 0 Å². The third-order valence-corrected chi connectivity index (χ3v) is 6.39. The first-order valence-electron chi connectivity index (χ1n) is 12.4. The lowest BCUT2D eigenvalue weighted by Gasteiger charge is -2.25. The highest BCUT2D eigenvalue weighted by Gasteiger charge is 2.34. The number of carbonyl (C=O) groups excluding carboxylic acids is 1. The second-order valence-corrected chi connectivity index (χ2v) is 8.96. The number of rotatable bonds is 6. The molecule has 0 bridgehead atoms. The van der Waals surface area contributed by atoms with Crippen LogP contribution in [0.3, 0.4) is 0 Å². The highest BCUT2D eigenvalue weighted by Crippen LogP contribution is 2.33. The van der Waals surface area contributed by atoms with Crippen molar-refractivity contribution in [2.24, 2.45) is 0 Å². The Kier molecular flexibility index (Phi) is 6.78. The van der Waals surface area contributed by atoms with Crippen molar-refractivity contribution in [3.8, 4) is 34.3 Å². The molecule has 1 fully saturated rings. The van der Waals surface area contributed by atoms with Crippen LogP contribution in [0, 0.1) is 5.82 Å². The van der Waals surface area contributed by atoms with Gasteiger partial charge in [-0.2, -0.15) is 4.98 Å². The molecule has 1 atom stereocenters. The minimum atomic E-state index is -0.846. The summed E-state index contributed by atoms with van der Waals surface area (Å²) in [6, 6.07) is 16.5. The zero-order valence-corrected chi connectivity index (χ0v) is 20.7. The Bertz CT molecular complexity index is 1530. The Labute approximate surface area is 221 Å². The number of ether oxygens (including phenoxy) is 3. The lowest BCUT2D eigenvalue weighted by atomic mass is 10.0. The van der Waals surface area contributed by atoms with Crippen molar-refractivity contribution in [2.45, 2.75) is 19.2 Å². The Morgan fingerprint density at radius 3 is 2.49 bits per heavy atom. The van der Waals surface area contributed by atoms with Gasteiger partial charge in [0.15, 0.2) is 0 Å². The average molecular weight is 534 g/mol. The summed E-state index contributed by atoms with van der Waals surface area (Å²) in [6.45, 7) is 2.12. The van der Waals surface area contributed by atoms with Crippen molar-refractivity contribution >= 4 is 6.16 Å². The van der Waals surface area contributed by atoms with E-state index >= 15 is 0 Å². The summed E-state index contributed by atoms with van der Waals surface area (Å²) in [6.07, 6.45) is 0.0444. The van der Waals surface area contributed by atoms with Crippen molar-refractivity contribution in [2.75, 3.05) is 26.3 Å². The van der Waals surface area contributed by atoms with Gasteiger partial charge in [0, 0.05) is 6.20 Å². The van der Waals surface area contributed by atoms with Gasteiger partial charge in [-0.05, 0) is 35.9 Å². The van der Waals surface area contributed by atoms with Gasteiger partial charge in [0.05, 0.1) is 56.3 Å². The third kappa shape index (κ3) is 5.24. The molecule has 1 unspecified atom stereocenters. The lowest BCUT2D eigenvalue weighted by molar-refractivity contribution is -0.169. The van der Waals surface area contributed by atoms with Gasteiger partial charge in [0.25, 0.3) is 5.56 Å². The van der Waals surface area contributed by atoms with E-state index in [1.807, 2.05) is 18.2 Å². The molecule has 0 N–H and O–H groups in total. The first-order chi connectivity index (χ1) is 19.0. The van der Waals surface area contributed by atoms with Gasteiger partial charge >= 0.3 is 12.2 Å². The fourth-order valence-corrected chi connectivity index (χ4v) is 4.63. The van der Waals surface area contributed by atoms with E-state index in [1.54, 1.807) is 35.0 Å². The third-order valence-electron chi connectivity index (χ3n) is 6.39. The number of fused-ring (bicyclic) bond motifs is 1. The minimum absolute atomic E-state index is 0.0941. The summed E-state index contributed by atoms with van der Waals surface area (Å²) < 4.78 is 33.5. The van der Waals surface area contributed by atoms with Crippen LogP contribution in [0.25, 0.3) is 22.5 Å². The van der Waals surface area contributed by atoms with Gasteiger partial charge < -0.3 is 19.0 Å². The summed E-state index contributed by atoms with van der Waals surface area (Å²) in [5, 5.41) is 1.49. The molecular formula is C27H24FN5O6. The van der Waals surface area contributed by atoms with Crippen LogP contribution >= 0.6 is 0 Å². The molecule has 2 aromatic carbocycles. The fraction of sp³-hybridized carbons (Fsp3) is 0.259. The summed E-state index contributed by atoms with van der Waals surface area (Å²) in [7, 11) is 0. The van der Waals surface area contributed by atoms with E-state index in [2.05, 4.69) is 9.97 Å². The first-order valence-corrected chi connectivity index (χ1v) is 12.4. The van der Waals surface area contributed by atoms with Gasteiger partial charge in [-0.3, -0.25) is 9.48 Å². The molecule has 200 valence electrons. The van der Waals surface area contributed by atoms with Crippen LogP contribution in [-0.4, -0.2) is 63.0 Å². The molecule has 12 heteroatoms. The number of para-hydroxylation sites is 1. The number of morpholine rings is 1. The van der Waals surface area contributed by atoms with Crippen LogP contribution < -0.4 is 10.3 Å². The van der Waals surface area contributed by atoms with Gasteiger partial charge in [0.2, 0.25) is 0 Å². The van der Waals surface area contributed by atoms with Crippen LogP contribution in [0.15, 0.2) is 71.7 Å². The van der Waals surface area contributed by atoms with Crippen molar-refractivity contribution in [1.29, 1.82) is 0 Å². The van der Waals surface area contributed by atoms with Gasteiger partial charge in [-0.25, -0.2) is 18.9 Å². The van der Waals surface area contributed by atoms with Crippen LogP contribution in [0.1, 0.15) is 0 Å². The van der Waals surface area contributed by atoms with E-state index in [-0.39, 0.29) is 24.7 Å². The molecule has 2 aliphatic heterocycles. The quantitative estimate of drug-likeness (QED) is 0.344. The summed E-state index contributed by atoms with van der Waals surface area (Å²) in [4.78, 5) is 40.1. The normalized spacial score (nSPS) is 17.0. The first kappa shape index (κ1) is 24.8. The Morgan fingerprint density at radius 1 is 0.974 bits per heavy atom. The van der Waals surface area contributed by atoms with Gasteiger partial charge in [0.1, 0.15) is 17.7 Å². The van der Waals surface area contributed by atoms with Gasteiger partial charge in [-0.15, -0.1) is 5.06 Å². The molecule has 6 rings (SSSR count). The number of carbonyl (C=O) groups is 1. The predicted octanol–water partition coefficient (Wildman–Crippen LogP) is 3.49. The van der Waals surface area contributed by atoms with Crippen LogP contribution in [-0.2, 0) is 27.4 Å². The second-order valence-electron chi connectivity index (χ2n) is 8.96. The maximum atomic E-state index is 13.7. The molecule has 2 aromatic heterocycles. The molecule has 11 nitrogen and oxygen atoms in total. The zero-order valence-electron chi connectivity index (χ0n) is 20.7. The number of benzene rings is 2. The monoisotopic (exact) mass is 533 g/mol. The number of hydrogen-bond acceptors (Lipinski definition) is 9. The van der Waals surface area contributed by atoms with Gasteiger partial charge in [-0.1, -0.05) is 30.3 Å². The predicted molar refractivity (Wildman–Crippen MR) is 135 cm³/mol. The van der Waals surface area contributed by atoms with Crippen molar-refractivity contribution in [1.82, 2.24) is 24.4 Å². The maximum Gasteiger partial charge on any atom is 0.528 e. The minimum Gasteiger partial charge on any atom is -0.426 e. The maximum absolute atomic E-state index is 13.7. The highest BCUT2D eigenvalue weighted by molar-refractivity contribution is 5.79. The Morgan fingerprint density at radius 2 is 1.72 bits per heavy atom. The smallest absolute Gasteiger partial charge is 0.426 e. The molecule has 39 heavy (non-hydrogen) atoms. The number of aromatic nitrogens is 4. The average Bonchev–Trinajstić information content (AvgIpc) is 3.47.